The summed E-state index contributed by atoms with van der Waals surface area (Å²) in [7, 11) is 0. The highest BCUT2D eigenvalue weighted by Gasteiger charge is 2.05. The Labute approximate surface area is 116 Å². The van der Waals surface area contributed by atoms with Gasteiger partial charge in [0.05, 0.1) is 11.6 Å². The van der Waals surface area contributed by atoms with Crippen LogP contribution in [0.4, 0.5) is 15.8 Å². The number of nitriles is 1. The zero-order valence-electron chi connectivity index (χ0n) is 10.6. The summed E-state index contributed by atoms with van der Waals surface area (Å²) >= 11 is 0. The number of nitrogens with one attached hydrogen (secondary N) is 1. The average molecular weight is 262 g/mol. The highest BCUT2D eigenvalue weighted by atomic mass is 19.1. The van der Waals surface area contributed by atoms with E-state index in [0.29, 0.717) is 11.3 Å². The van der Waals surface area contributed by atoms with E-state index >= 15 is 0 Å². The van der Waals surface area contributed by atoms with Crippen molar-refractivity contribution in [3.05, 3.63) is 72.0 Å². The summed E-state index contributed by atoms with van der Waals surface area (Å²) in [6.07, 6.45) is 0. The maximum atomic E-state index is 13.2. The lowest BCUT2D eigenvalue weighted by molar-refractivity contribution is 0.628. The van der Waals surface area contributed by atoms with Crippen molar-refractivity contribution in [1.29, 1.82) is 5.26 Å². The van der Waals surface area contributed by atoms with Gasteiger partial charge in [0.25, 0.3) is 0 Å². The Kier molecular flexibility index (Phi) is 3.06. The van der Waals surface area contributed by atoms with Gasteiger partial charge in [0.1, 0.15) is 5.82 Å². The molecule has 0 bridgehead atoms. The molecule has 0 fully saturated rings. The topological polar surface area (TPSA) is 35.8 Å². The second kappa shape index (κ2) is 5.02. The summed E-state index contributed by atoms with van der Waals surface area (Å²) in [5.41, 5.74) is 2.16. The number of fused-ring (bicyclic) bond motifs is 1. The first-order valence-corrected chi connectivity index (χ1v) is 6.22. The first kappa shape index (κ1) is 12.2. The molecule has 0 spiro atoms. The fourth-order valence-electron chi connectivity index (χ4n) is 2.23. The lowest BCUT2D eigenvalue weighted by atomic mass is 10.0. The van der Waals surface area contributed by atoms with Crippen LogP contribution in [0, 0.1) is 17.1 Å². The quantitative estimate of drug-likeness (QED) is 0.733. The van der Waals surface area contributed by atoms with E-state index in [1.165, 1.54) is 12.1 Å². The molecule has 0 heterocycles. The first-order chi connectivity index (χ1) is 9.78. The zero-order chi connectivity index (χ0) is 13.9. The smallest absolute Gasteiger partial charge is 0.125 e. The number of nitrogens with zero attached hydrogens (tertiary/aromatic N) is 1. The minimum atomic E-state index is -0.284. The molecule has 0 aliphatic heterocycles. The second-order valence-electron chi connectivity index (χ2n) is 4.45. The van der Waals surface area contributed by atoms with Crippen LogP contribution in [-0.2, 0) is 0 Å². The van der Waals surface area contributed by atoms with Crippen LogP contribution in [0.5, 0.6) is 0 Å². The van der Waals surface area contributed by atoms with E-state index in [1.807, 2.05) is 30.3 Å². The van der Waals surface area contributed by atoms with Crippen molar-refractivity contribution >= 4 is 22.1 Å². The molecule has 3 heteroatoms. The highest BCUT2D eigenvalue weighted by Crippen LogP contribution is 2.28. The second-order valence-corrected chi connectivity index (χ2v) is 4.45. The van der Waals surface area contributed by atoms with Gasteiger partial charge in [-0.15, -0.1) is 0 Å². The van der Waals surface area contributed by atoms with Crippen molar-refractivity contribution in [2.45, 2.75) is 0 Å². The van der Waals surface area contributed by atoms with Gasteiger partial charge in [-0.25, -0.2) is 4.39 Å². The molecule has 0 unspecified atom stereocenters. The van der Waals surface area contributed by atoms with Crippen LogP contribution in [0.1, 0.15) is 5.56 Å². The van der Waals surface area contributed by atoms with Crippen LogP contribution in [0.2, 0.25) is 0 Å². The Bertz CT molecular complexity index is 819. The number of anilines is 2. The van der Waals surface area contributed by atoms with E-state index in [1.54, 1.807) is 18.2 Å². The SMILES string of the molecule is N#Cc1ccc(Nc2cccc(F)c2)c2ccccc12. The molecule has 0 amide bonds. The molecule has 0 aromatic heterocycles. The summed E-state index contributed by atoms with van der Waals surface area (Å²) in [5.74, 6) is -0.284. The lowest BCUT2D eigenvalue weighted by Gasteiger charge is -2.10. The molecular weight excluding hydrogens is 251 g/mol. The molecule has 0 atom stereocenters. The van der Waals surface area contributed by atoms with Gasteiger partial charge in [0, 0.05) is 22.1 Å². The Morgan fingerprint density at radius 3 is 2.45 bits per heavy atom. The van der Waals surface area contributed by atoms with Gasteiger partial charge in [-0.05, 0) is 30.3 Å². The van der Waals surface area contributed by atoms with E-state index in [-0.39, 0.29) is 5.82 Å². The van der Waals surface area contributed by atoms with Crippen molar-refractivity contribution in [3.63, 3.8) is 0 Å². The van der Waals surface area contributed by atoms with Crippen LogP contribution < -0.4 is 5.32 Å². The molecule has 1 N–H and O–H groups in total. The van der Waals surface area contributed by atoms with Crippen molar-refractivity contribution in [2.24, 2.45) is 0 Å². The molecule has 3 aromatic carbocycles. The predicted molar refractivity (Wildman–Crippen MR) is 78.3 cm³/mol. The minimum Gasteiger partial charge on any atom is -0.355 e. The fraction of sp³-hybridized carbons (Fsp3) is 0. The van der Waals surface area contributed by atoms with Gasteiger partial charge in [0.2, 0.25) is 0 Å². The van der Waals surface area contributed by atoms with Crippen LogP contribution in [0.25, 0.3) is 10.8 Å². The van der Waals surface area contributed by atoms with Gasteiger partial charge in [0.15, 0.2) is 0 Å². The highest BCUT2D eigenvalue weighted by molar-refractivity contribution is 5.98. The lowest BCUT2D eigenvalue weighted by Crippen LogP contribution is -1.93. The summed E-state index contributed by atoms with van der Waals surface area (Å²) in [4.78, 5) is 0. The van der Waals surface area contributed by atoms with Gasteiger partial charge in [-0.3, -0.25) is 0 Å². The minimum absolute atomic E-state index is 0.284. The molecule has 3 aromatic rings. The van der Waals surface area contributed by atoms with Crippen molar-refractivity contribution < 1.29 is 4.39 Å². The Morgan fingerprint density at radius 1 is 0.900 bits per heavy atom. The molecule has 20 heavy (non-hydrogen) atoms. The summed E-state index contributed by atoms with van der Waals surface area (Å²) in [6.45, 7) is 0. The third-order valence-corrected chi connectivity index (χ3v) is 3.15. The molecule has 96 valence electrons. The number of hydrogen-bond donors (Lipinski definition) is 1. The standard InChI is InChI=1S/C17H11FN2/c18-13-4-3-5-14(10-13)20-17-9-8-12(11-19)15-6-1-2-7-16(15)17/h1-10,20H. The van der Waals surface area contributed by atoms with Gasteiger partial charge >= 0.3 is 0 Å². The summed E-state index contributed by atoms with van der Waals surface area (Å²) in [5, 5.41) is 14.1. The molecule has 0 aliphatic carbocycles. The monoisotopic (exact) mass is 262 g/mol. The van der Waals surface area contributed by atoms with E-state index in [9.17, 15) is 4.39 Å². The number of benzene rings is 3. The van der Waals surface area contributed by atoms with Crippen molar-refractivity contribution in [2.75, 3.05) is 5.32 Å². The van der Waals surface area contributed by atoms with E-state index < -0.39 is 0 Å². The zero-order valence-corrected chi connectivity index (χ0v) is 10.6. The fourth-order valence-corrected chi connectivity index (χ4v) is 2.23. The molecule has 0 saturated carbocycles. The van der Waals surface area contributed by atoms with Crippen LogP contribution in [0.3, 0.4) is 0 Å². The number of halogens is 1. The Morgan fingerprint density at radius 2 is 1.70 bits per heavy atom. The van der Waals surface area contributed by atoms with Gasteiger partial charge in [-0.1, -0.05) is 30.3 Å². The van der Waals surface area contributed by atoms with Gasteiger partial charge < -0.3 is 5.32 Å². The number of hydrogen-bond acceptors (Lipinski definition) is 2. The molecule has 0 aliphatic rings. The van der Waals surface area contributed by atoms with Crippen LogP contribution in [0.15, 0.2) is 60.7 Å². The van der Waals surface area contributed by atoms with Crippen molar-refractivity contribution in [1.82, 2.24) is 0 Å². The third kappa shape index (κ3) is 2.19. The summed E-state index contributed by atoms with van der Waals surface area (Å²) in [6, 6.07) is 19.8. The average Bonchev–Trinajstić information content (AvgIpc) is 2.48. The maximum Gasteiger partial charge on any atom is 0.125 e. The normalized spacial score (nSPS) is 10.2. The third-order valence-electron chi connectivity index (χ3n) is 3.15. The largest absolute Gasteiger partial charge is 0.355 e. The Balaban J connectivity index is 2.11. The van der Waals surface area contributed by atoms with Crippen molar-refractivity contribution in [3.8, 4) is 6.07 Å². The number of rotatable bonds is 2. The Hall–Kier alpha value is -2.86. The van der Waals surface area contributed by atoms with Crippen LogP contribution in [-0.4, -0.2) is 0 Å². The first-order valence-electron chi connectivity index (χ1n) is 6.22. The molecule has 2 nitrogen and oxygen atoms in total. The maximum absolute atomic E-state index is 13.2. The molecular formula is C17H11FN2. The molecule has 3 rings (SSSR count). The van der Waals surface area contributed by atoms with E-state index in [2.05, 4.69) is 11.4 Å². The van der Waals surface area contributed by atoms with E-state index in [0.717, 1.165) is 16.5 Å². The van der Waals surface area contributed by atoms with E-state index in [4.69, 9.17) is 5.26 Å². The molecule has 0 radical (unpaired) electrons. The molecule has 0 saturated heterocycles. The predicted octanol–water partition coefficient (Wildman–Crippen LogP) is 4.59. The summed E-state index contributed by atoms with van der Waals surface area (Å²) < 4.78 is 13.2. The van der Waals surface area contributed by atoms with Crippen LogP contribution >= 0.6 is 0 Å². The van der Waals surface area contributed by atoms with Gasteiger partial charge in [-0.2, -0.15) is 5.26 Å².